The lowest BCUT2D eigenvalue weighted by Gasteiger charge is -2.31. The Morgan fingerprint density at radius 3 is 2.56 bits per heavy atom. The van der Waals surface area contributed by atoms with Crippen LogP contribution in [0.3, 0.4) is 0 Å². The van der Waals surface area contributed by atoms with E-state index in [4.69, 9.17) is 9.84 Å². The average Bonchev–Trinajstić information content (AvgIpc) is 2.60. The summed E-state index contributed by atoms with van der Waals surface area (Å²) in [6, 6.07) is 13.6. The molecule has 1 aliphatic heterocycles. The van der Waals surface area contributed by atoms with Crippen LogP contribution < -0.4 is 10.1 Å². The molecule has 0 unspecified atom stereocenters. The van der Waals surface area contributed by atoms with Crippen molar-refractivity contribution in [1.82, 2.24) is 10.2 Å². The van der Waals surface area contributed by atoms with Gasteiger partial charge in [0.25, 0.3) is 0 Å². The number of carbonyl (C=O) groups is 1. The lowest BCUT2D eigenvalue weighted by molar-refractivity contribution is -0.140. The van der Waals surface area contributed by atoms with Gasteiger partial charge < -0.3 is 15.2 Å². The van der Waals surface area contributed by atoms with Gasteiger partial charge in [-0.1, -0.05) is 18.2 Å². The van der Waals surface area contributed by atoms with Crippen LogP contribution >= 0.6 is 0 Å². The zero-order chi connectivity index (χ0) is 17.8. The summed E-state index contributed by atoms with van der Waals surface area (Å²) in [6.45, 7) is 6.98. The standard InChI is InChI=1S/C20H24N2O3/c1-14-3-6-18(11-15(14)2)25-17-7-4-16(5-8-17)12-22-10-9-21-19(13-22)20(23)24/h3-8,11,19,21H,9-10,12-13H2,1-2H3,(H,23,24)/t19-/m0/s1. The fourth-order valence-electron chi connectivity index (χ4n) is 2.95. The highest BCUT2D eigenvalue weighted by atomic mass is 16.5. The van der Waals surface area contributed by atoms with Crippen LogP contribution in [0.5, 0.6) is 11.5 Å². The van der Waals surface area contributed by atoms with E-state index >= 15 is 0 Å². The number of aliphatic carboxylic acids is 1. The monoisotopic (exact) mass is 340 g/mol. The predicted octanol–water partition coefficient (Wildman–Crippen LogP) is 2.95. The number of carboxylic acids is 1. The van der Waals surface area contributed by atoms with E-state index in [0.717, 1.165) is 30.2 Å². The van der Waals surface area contributed by atoms with Crippen molar-refractivity contribution in [3.05, 3.63) is 59.2 Å². The lowest BCUT2D eigenvalue weighted by Crippen LogP contribution is -2.53. The van der Waals surface area contributed by atoms with Gasteiger partial charge in [0, 0.05) is 26.2 Å². The SMILES string of the molecule is Cc1ccc(Oc2ccc(CN3CCN[C@H](C(=O)O)C3)cc2)cc1C. The molecule has 5 nitrogen and oxygen atoms in total. The molecule has 0 radical (unpaired) electrons. The predicted molar refractivity (Wildman–Crippen MR) is 97.1 cm³/mol. The molecule has 3 rings (SSSR count). The van der Waals surface area contributed by atoms with Crippen molar-refractivity contribution in [3.63, 3.8) is 0 Å². The zero-order valence-electron chi connectivity index (χ0n) is 14.7. The number of ether oxygens (including phenoxy) is 1. The van der Waals surface area contributed by atoms with Gasteiger partial charge in [-0.2, -0.15) is 0 Å². The summed E-state index contributed by atoms with van der Waals surface area (Å²) in [6.07, 6.45) is 0. The number of hydrogen-bond acceptors (Lipinski definition) is 4. The average molecular weight is 340 g/mol. The zero-order valence-corrected chi connectivity index (χ0v) is 14.7. The largest absolute Gasteiger partial charge is 0.480 e. The number of aryl methyl sites for hydroxylation is 2. The van der Waals surface area contributed by atoms with Gasteiger partial charge in [-0.25, -0.2) is 0 Å². The van der Waals surface area contributed by atoms with Crippen LogP contribution in [-0.4, -0.2) is 41.7 Å². The highest BCUT2D eigenvalue weighted by Crippen LogP contribution is 2.24. The molecule has 132 valence electrons. The van der Waals surface area contributed by atoms with Crippen LogP contribution in [0.25, 0.3) is 0 Å². The molecule has 0 saturated carbocycles. The quantitative estimate of drug-likeness (QED) is 0.876. The number of hydrogen-bond donors (Lipinski definition) is 2. The Kier molecular flexibility index (Phi) is 5.36. The summed E-state index contributed by atoms with van der Waals surface area (Å²) in [5, 5.41) is 12.1. The first-order chi connectivity index (χ1) is 12.0. The van der Waals surface area contributed by atoms with Gasteiger partial charge in [0.2, 0.25) is 0 Å². The fraction of sp³-hybridized carbons (Fsp3) is 0.350. The number of carboxylic acid groups (broad SMARTS) is 1. The number of nitrogens with zero attached hydrogens (tertiary/aromatic N) is 1. The molecule has 1 saturated heterocycles. The molecular formula is C20H24N2O3. The van der Waals surface area contributed by atoms with Gasteiger partial charge in [0.15, 0.2) is 0 Å². The maximum Gasteiger partial charge on any atom is 0.322 e. The minimum absolute atomic E-state index is 0.485. The van der Waals surface area contributed by atoms with E-state index in [2.05, 4.69) is 30.1 Å². The molecular weight excluding hydrogens is 316 g/mol. The minimum atomic E-state index is -0.790. The lowest BCUT2D eigenvalue weighted by atomic mass is 10.1. The summed E-state index contributed by atoms with van der Waals surface area (Å²) in [7, 11) is 0. The third-order valence-corrected chi connectivity index (χ3v) is 4.60. The third kappa shape index (κ3) is 4.59. The van der Waals surface area contributed by atoms with Gasteiger partial charge in [0.1, 0.15) is 17.5 Å². The van der Waals surface area contributed by atoms with E-state index in [0.29, 0.717) is 13.1 Å². The van der Waals surface area contributed by atoms with Crippen LogP contribution in [0.1, 0.15) is 16.7 Å². The van der Waals surface area contributed by atoms with Crippen LogP contribution in [0.15, 0.2) is 42.5 Å². The van der Waals surface area contributed by atoms with Crippen LogP contribution in [0.2, 0.25) is 0 Å². The van der Waals surface area contributed by atoms with E-state index in [1.54, 1.807) is 0 Å². The molecule has 1 atom stereocenters. The minimum Gasteiger partial charge on any atom is -0.480 e. The van der Waals surface area contributed by atoms with Crippen molar-refractivity contribution in [2.75, 3.05) is 19.6 Å². The summed E-state index contributed by atoms with van der Waals surface area (Å²) in [4.78, 5) is 13.3. The number of piperazine rings is 1. The van der Waals surface area contributed by atoms with E-state index in [9.17, 15) is 4.79 Å². The van der Waals surface area contributed by atoms with Gasteiger partial charge in [-0.3, -0.25) is 9.69 Å². The number of nitrogens with one attached hydrogen (secondary N) is 1. The summed E-state index contributed by atoms with van der Waals surface area (Å²) < 4.78 is 5.91. The van der Waals surface area contributed by atoms with Crippen molar-refractivity contribution >= 4 is 5.97 Å². The van der Waals surface area contributed by atoms with Crippen molar-refractivity contribution in [1.29, 1.82) is 0 Å². The highest BCUT2D eigenvalue weighted by Gasteiger charge is 2.24. The van der Waals surface area contributed by atoms with E-state index in [1.165, 1.54) is 11.1 Å². The van der Waals surface area contributed by atoms with E-state index in [1.807, 2.05) is 36.4 Å². The van der Waals surface area contributed by atoms with Gasteiger partial charge >= 0.3 is 5.97 Å². The molecule has 0 amide bonds. The van der Waals surface area contributed by atoms with Gasteiger partial charge in [-0.05, 0) is 54.8 Å². The molecule has 0 aromatic heterocycles. The molecule has 1 heterocycles. The highest BCUT2D eigenvalue weighted by molar-refractivity contribution is 5.73. The fourth-order valence-corrected chi connectivity index (χ4v) is 2.95. The van der Waals surface area contributed by atoms with Crippen LogP contribution in [0, 0.1) is 13.8 Å². The Hall–Kier alpha value is -2.37. The van der Waals surface area contributed by atoms with E-state index < -0.39 is 12.0 Å². The maximum atomic E-state index is 11.1. The third-order valence-electron chi connectivity index (χ3n) is 4.60. The molecule has 1 fully saturated rings. The normalized spacial score (nSPS) is 18.1. The summed E-state index contributed by atoms with van der Waals surface area (Å²) in [5.74, 6) is 0.847. The first-order valence-corrected chi connectivity index (χ1v) is 8.54. The topological polar surface area (TPSA) is 61.8 Å². The van der Waals surface area contributed by atoms with Crippen molar-refractivity contribution < 1.29 is 14.6 Å². The molecule has 0 bridgehead atoms. The number of benzene rings is 2. The first kappa shape index (κ1) is 17.5. The molecule has 2 aromatic rings. The van der Waals surface area contributed by atoms with E-state index in [-0.39, 0.29) is 0 Å². The smallest absolute Gasteiger partial charge is 0.322 e. The molecule has 2 aromatic carbocycles. The van der Waals surface area contributed by atoms with Crippen molar-refractivity contribution in [2.24, 2.45) is 0 Å². The molecule has 0 aliphatic carbocycles. The Balaban J connectivity index is 1.60. The van der Waals surface area contributed by atoms with Crippen molar-refractivity contribution in [2.45, 2.75) is 26.4 Å². The Morgan fingerprint density at radius 2 is 1.88 bits per heavy atom. The molecule has 2 N–H and O–H groups in total. The second-order valence-corrected chi connectivity index (χ2v) is 6.57. The molecule has 5 heteroatoms. The summed E-state index contributed by atoms with van der Waals surface area (Å²) >= 11 is 0. The Bertz CT molecular complexity index is 743. The second-order valence-electron chi connectivity index (χ2n) is 6.57. The van der Waals surface area contributed by atoms with Gasteiger partial charge in [-0.15, -0.1) is 0 Å². The van der Waals surface area contributed by atoms with Gasteiger partial charge in [0.05, 0.1) is 0 Å². The van der Waals surface area contributed by atoms with Crippen molar-refractivity contribution in [3.8, 4) is 11.5 Å². The molecule has 1 aliphatic rings. The summed E-state index contributed by atoms with van der Waals surface area (Å²) in [5.41, 5.74) is 3.61. The van der Waals surface area contributed by atoms with Crippen LogP contribution in [-0.2, 0) is 11.3 Å². The molecule has 0 spiro atoms. The Morgan fingerprint density at radius 1 is 1.16 bits per heavy atom. The number of rotatable bonds is 5. The first-order valence-electron chi connectivity index (χ1n) is 8.54. The second kappa shape index (κ2) is 7.68. The van der Waals surface area contributed by atoms with Crippen LogP contribution in [0.4, 0.5) is 0 Å². The maximum absolute atomic E-state index is 11.1. The Labute approximate surface area is 148 Å². The molecule has 25 heavy (non-hydrogen) atoms.